The van der Waals surface area contributed by atoms with Gasteiger partial charge in [0.05, 0.1) is 11.3 Å². The van der Waals surface area contributed by atoms with Gasteiger partial charge >= 0.3 is 0 Å². The highest BCUT2D eigenvalue weighted by Gasteiger charge is 2.28. The van der Waals surface area contributed by atoms with E-state index in [9.17, 15) is 13.2 Å². The number of benzene rings is 3. The Morgan fingerprint density at radius 1 is 0.967 bits per heavy atom. The van der Waals surface area contributed by atoms with E-state index < -0.39 is 10.0 Å². The van der Waals surface area contributed by atoms with Crippen molar-refractivity contribution in [2.24, 2.45) is 0 Å². The number of nitrogens with zero attached hydrogens (tertiary/aromatic N) is 1. The van der Waals surface area contributed by atoms with E-state index in [4.69, 9.17) is 11.6 Å². The number of rotatable bonds is 5. The van der Waals surface area contributed by atoms with E-state index in [2.05, 4.69) is 5.32 Å². The molecule has 1 aliphatic rings. The van der Waals surface area contributed by atoms with E-state index in [1.54, 1.807) is 36.4 Å². The zero-order chi connectivity index (χ0) is 21.1. The predicted molar refractivity (Wildman–Crippen MR) is 118 cm³/mol. The van der Waals surface area contributed by atoms with Crippen LogP contribution < -0.4 is 5.32 Å². The second kappa shape index (κ2) is 8.60. The largest absolute Gasteiger partial charge is 0.326 e. The molecule has 1 amide bonds. The molecule has 1 N–H and O–H groups in total. The molecule has 0 aliphatic carbocycles. The van der Waals surface area contributed by atoms with Gasteiger partial charge in [-0.05, 0) is 53.4 Å². The number of carbonyl (C=O) groups is 1. The van der Waals surface area contributed by atoms with Crippen LogP contribution >= 0.6 is 11.6 Å². The fourth-order valence-electron chi connectivity index (χ4n) is 3.58. The van der Waals surface area contributed by atoms with E-state index in [-0.39, 0.29) is 23.8 Å². The molecule has 0 aromatic heterocycles. The molecule has 30 heavy (non-hydrogen) atoms. The van der Waals surface area contributed by atoms with Crippen molar-refractivity contribution in [3.8, 4) is 0 Å². The van der Waals surface area contributed by atoms with Crippen LogP contribution in [0.5, 0.6) is 0 Å². The lowest BCUT2D eigenvalue weighted by molar-refractivity contribution is -0.115. The Morgan fingerprint density at radius 3 is 2.47 bits per heavy atom. The zero-order valence-corrected chi connectivity index (χ0v) is 17.8. The SMILES string of the molecule is O=C(Cc1ccccc1Cl)Nc1ccc2c(c1)CN(S(=O)(=O)c1ccccc1)CC2. The summed E-state index contributed by atoms with van der Waals surface area (Å²) in [4.78, 5) is 12.7. The number of hydrogen-bond acceptors (Lipinski definition) is 3. The number of fused-ring (bicyclic) bond motifs is 1. The Kier molecular flexibility index (Phi) is 5.90. The van der Waals surface area contributed by atoms with Crippen molar-refractivity contribution in [1.82, 2.24) is 4.31 Å². The third-order valence-electron chi connectivity index (χ3n) is 5.16. The van der Waals surface area contributed by atoms with Crippen LogP contribution in [0.15, 0.2) is 77.7 Å². The summed E-state index contributed by atoms with van der Waals surface area (Å²) in [6.07, 6.45) is 0.806. The van der Waals surface area contributed by atoms with Crippen molar-refractivity contribution >= 4 is 33.2 Å². The smallest absolute Gasteiger partial charge is 0.243 e. The molecule has 1 aliphatic heterocycles. The molecule has 154 valence electrons. The van der Waals surface area contributed by atoms with Crippen molar-refractivity contribution in [1.29, 1.82) is 0 Å². The quantitative estimate of drug-likeness (QED) is 0.644. The molecular formula is C23H21ClN2O3S. The van der Waals surface area contributed by atoms with Crippen LogP contribution in [-0.2, 0) is 34.2 Å². The van der Waals surface area contributed by atoms with Crippen molar-refractivity contribution in [2.45, 2.75) is 24.3 Å². The van der Waals surface area contributed by atoms with Gasteiger partial charge in [-0.25, -0.2) is 8.42 Å². The summed E-state index contributed by atoms with van der Waals surface area (Å²) >= 11 is 6.13. The lowest BCUT2D eigenvalue weighted by Crippen LogP contribution is -2.36. The fraction of sp³-hybridized carbons (Fsp3) is 0.174. The standard InChI is InChI=1S/C23H21ClN2O3S/c24-22-9-5-4-6-18(22)15-23(27)25-20-11-10-17-12-13-26(16-19(17)14-20)30(28,29)21-7-2-1-3-8-21/h1-11,14H,12-13,15-16H2,(H,25,27). The van der Waals surface area contributed by atoms with Crippen LogP contribution in [0.2, 0.25) is 5.02 Å². The summed E-state index contributed by atoms with van der Waals surface area (Å²) in [6, 6.07) is 21.3. The predicted octanol–water partition coefficient (Wildman–Crippen LogP) is 4.27. The van der Waals surface area contributed by atoms with Gasteiger partial charge < -0.3 is 5.32 Å². The highest BCUT2D eigenvalue weighted by atomic mass is 35.5. The summed E-state index contributed by atoms with van der Waals surface area (Å²) in [5, 5.41) is 3.44. The molecule has 0 spiro atoms. The Labute approximate surface area is 181 Å². The minimum Gasteiger partial charge on any atom is -0.326 e. The van der Waals surface area contributed by atoms with Crippen molar-refractivity contribution in [3.63, 3.8) is 0 Å². The van der Waals surface area contributed by atoms with Gasteiger partial charge in [0.2, 0.25) is 15.9 Å². The minimum atomic E-state index is -3.55. The van der Waals surface area contributed by atoms with Crippen molar-refractivity contribution < 1.29 is 13.2 Å². The molecule has 0 radical (unpaired) electrons. The first-order valence-electron chi connectivity index (χ1n) is 9.64. The molecule has 5 nitrogen and oxygen atoms in total. The van der Waals surface area contributed by atoms with Gasteiger partial charge in [-0.3, -0.25) is 4.79 Å². The van der Waals surface area contributed by atoms with Gasteiger partial charge in [-0.2, -0.15) is 4.31 Å². The molecule has 0 atom stereocenters. The van der Waals surface area contributed by atoms with E-state index in [1.165, 1.54) is 4.31 Å². The number of hydrogen-bond donors (Lipinski definition) is 1. The molecular weight excluding hydrogens is 420 g/mol. The van der Waals surface area contributed by atoms with Gasteiger partial charge in [0.25, 0.3) is 0 Å². The molecule has 0 fully saturated rings. The number of sulfonamides is 1. The number of amides is 1. The maximum absolute atomic E-state index is 12.9. The molecule has 0 saturated carbocycles. The average molecular weight is 441 g/mol. The number of nitrogens with one attached hydrogen (secondary N) is 1. The van der Waals surface area contributed by atoms with Gasteiger partial charge in [0.15, 0.2) is 0 Å². The van der Waals surface area contributed by atoms with Crippen LogP contribution in [0, 0.1) is 0 Å². The summed E-state index contributed by atoms with van der Waals surface area (Å²) in [6.45, 7) is 0.712. The van der Waals surface area contributed by atoms with E-state index in [0.29, 0.717) is 23.7 Å². The second-order valence-electron chi connectivity index (χ2n) is 7.20. The topological polar surface area (TPSA) is 66.5 Å². The highest BCUT2D eigenvalue weighted by molar-refractivity contribution is 7.89. The molecule has 1 heterocycles. The Hall–Kier alpha value is -2.67. The molecule has 3 aromatic rings. The minimum absolute atomic E-state index is 0.172. The maximum atomic E-state index is 12.9. The number of halogens is 1. The number of anilines is 1. The number of carbonyl (C=O) groups excluding carboxylic acids is 1. The van der Waals surface area contributed by atoms with Gasteiger partial charge in [-0.15, -0.1) is 0 Å². The second-order valence-corrected chi connectivity index (χ2v) is 9.55. The van der Waals surface area contributed by atoms with Crippen LogP contribution in [0.25, 0.3) is 0 Å². The molecule has 3 aromatic carbocycles. The van der Waals surface area contributed by atoms with Crippen molar-refractivity contribution in [2.75, 3.05) is 11.9 Å². The molecule has 0 saturated heterocycles. The first-order chi connectivity index (χ1) is 14.4. The van der Waals surface area contributed by atoms with Crippen LogP contribution in [0.4, 0.5) is 5.69 Å². The average Bonchev–Trinajstić information content (AvgIpc) is 2.75. The van der Waals surface area contributed by atoms with Crippen LogP contribution in [-0.4, -0.2) is 25.2 Å². The highest BCUT2D eigenvalue weighted by Crippen LogP contribution is 2.27. The van der Waals surface area contributed by atoms with Crippen LogP contribution in [0.3, 0.4) is 0 Å². The Morgan fingerprint density at radius 2 is 1.70 bits per heavy atom. The normalized spacial score (nSPS) is 14.2. The van der Waals surface area contributed by atoms with Crippen LogP contribution in [0.1, 0.15) is 16.7 Å². The Balaban J connectivity index is 1.49. The zero-order valence-electron chi connectivity index (χ0n) is 16.2. The monoisotopic (exact) mass is 440 g/mol. The first-order valence-corrected chi connectivity index (χ1v) is 11.5. The molecule has 0 bridgehead atoms. The van der Waals surface area contributed by atoms with Gasteiger partial charge in [0, 0.05) is 23.8 Å². The summed E-state index contributed by atoms with van der Waals surface area (Å²) in [7, 11) is -3.55. The van der Waals surface area contributed by atoms with E-state index >= 15 is 0 Å². The van der Waals surface area contributed by atoms with Gasteiger partial charge in [-0.1, -0.05) is 54.1 Å². The summed E-state index contributed by atoms with van der Waals surface area (Å²) in [5.74, 6) is -0.173. The Bertz CT molecular complexity index is 1180. The summed E-state index contributed by atoms with van der Waals surface area (Å²) in [5.41, 5.74) is 3.40. The first kappa shape index (κ1) is 20.6. The molecule has 0 unspecified atom stereocenters. The lowest BCUT2D eigenvalue weighted by Gasteiger charge is -2.28. The third kappa shape index (κ3) is 4.41. The van der Waals surface area contributed by atoms with Gasteiger partial charge in [0.1, 0.15) is 0 Å². The maximum Gasteiger partial charge on any atom is 0.243 e. The fourth-order valence-corrected chi connectivity index (χ4v) is 5.22. The van der Waals surface area contributed by atoms with Crippen molar-refractivity contribution in [3.05, 3.63) is 94.5 Å². The summed E-state index contributed by atoms with van der Waals surface area (Å²) < 4.78 is 27.4. The third-order valence-corrected chi connectivity index (χ3v) is 7.39. The van der Waals surface area contributed by atoms with E-state index in [1.807, 2.05) is 36.4 Å². The molecule has 7 heteroatoms. The molecule has 4 rings (SSSR count). The van der Waals surface area contributed by atoms with E-state index in [0.717, 1.165) is 16.7 Å². The lowest BCUT2D eigenvalue weighted by atomic mass is 10.0.